The van der Waals surface area contributed by atoms with E-state index in [1.807, 2.05) is 20.8 Å². The van der Waals surface area contributed by atoms with Crippen LogP contribution in [0, 0.1) is 0 Å². The quantitative estimate of drug-likeness (QED) is 0.551. The molecule has 0 fully saturated rings. The van der Waals surface area contributed by atoms with Crippen LogP contribution >= 0.6 is 0 Å². The minimum absolute atomic E-state index is 0.0317. The van der Waals surface area contributed by atoms with Gasteiger partial charge in [0.2, 0.25) is 0 Å². The number of hydrogen-bond acceptors (Lipinski definition) is 3. The van der Waals surface area contributed by atoms with Crippen LogP contribution in [0.4, 0.5) is 0 Å². The van der Waals surface area contributed by atoms with Crippen molar-refractivity contribution in [3.05, 3.63) is 0 Å². The van der Waals surface area contributed by atoms with Gasteiger partial charge >= 0.3 is 5.97 Å². The summed E-state index contributed by atoms with van der Waals surface area (Å²) in [6.07, 6.45) is 1.15. The largest absolute Gasteiger partial charge is 0.460 e. The van der Waals surface area contributed by atoms with Gasteiger partial charge in [0.15, 0.2) is 8.32 Å². The average Bonchev–Trinajstić information content (AvgIpc) is 2.11. The van der Waals surface area contributed by atoms with Gasteiger partial charge in [-0.2, -0.15) is 0 Å². The van der Waals surface area contributed by atoms with E-state index in [4.69, 9.17) is 9.16 Å². The van der Waals surface area contributed by atoms with Crippen molar-refractivity contribution < 1.29 is 14.0 Å². The van der Waals surface area contributed by atoms with Crippen LogP contribution in [0.15, 0.2) is 0 Å². The second kappa shape index (κ2) is 6.40. The van der Waals surface area contributed by atoms with Gasteiger partial charge in [-0.1, -0.05) is 27.7 Å². The summed E-state index contributed by atoms with van der Waals surface area (Å²) < 4.78 is 11.6. The van der Waals surface area contributed by atoms with Crippen molar-refractivity contribution >= 4 is 14.3 Å². The van der Waals surface area contributed by atoms with Crippen molar-refractivity contribution in [2.75, 3.05) is 0 Å². The van der Waals surface area contributed by atoms with Crippen LogP contribution in [0.1, 0.15) is 61.3 Å². The summed E-state index contributed by atoms with van der Waals surface area (Å²) >= 11 is 0. The Balaban J connectivity index is 4.58. The fraction of sp³-hybridized carbons (Fsp3) is 0.933. The van der Waals surface area contributed by atoms with Gasteiger partial charge in [0.1, 0.15) is 5.60 Å². The summed E-state index contributed by atoms with van der Waals surface area (Å²) in [4.78, 5) is 11.9. The van der Waals surface area contributed by atoms with Crippen molar-refractivity contribution in [2.45, 2.75) is 91.1 Å². The van der Waals surface area contributed by atoms with E-state index in [2.05, 4.69) is 40.8 Å². The highest BCUT2D eigenvalue weighted by Crippen LogP contribution is 2.38. The Hall–Kier alpha value is -0.353. The molecular formula is C15H32O3Si. The maximum absolute atomic E-state index is 11.9. The SMILES string of the molecule is CC[C@@H](CC(=O)OC(C)(C)C)O[Si](C)(C)C(C)(C)C. The Kier molecular flexibility index (Phi) is 6.28. The third-order valence-corrected chi connectivity index (χ3v) is 8.07. The summed E-state index contributed by atoms with van der Waals surface area (Å²) in [7, 11) is -1.82. The number of rotatable bonds is 5. The first-order valence-corrected chi connectivity index (χ1v) is 10.1. The standard InChI is InChI=1S/C15H32O3Si/c1-10-12(11-13(16)17-14(2,3)4)18-19(8,9)15(5,6)7/h12H,10-11H2,1-9H3/t12-/m0/s1. The molecule has 0 amide bonds. The van der Waals surface area contributed by atoms with Crippen LogP contribution in [0.2, 0.25) is 18.1 Å². The third kappa shape index (κ3) is 7.11. The van der Waals surface area contributed by atoms with E-state index in [0.717, 1.165) is 6.42 Å². The molecule has 0 aromatic carbocycles. The summed E-state index contributed by atoms with van der Waals surface area (Å²) in [5, 5.41) is 0.161. The van der Waals surface area contributed by atoms with Crippen molar-refractivity contribution in [3.8, 4) is 0 Å². The zero-order valence-electron chi connectivity index (χ0n) is 14.2. The number of ether oxygens (including phenoxy) is 1. The van der Waals surface area contributed by atoms with Gasteiger partial charge in [0, 0.05) is 0 Å². The topological polar surface area (TPSA) is 35.5 Å². The summed E-state index contributed by atoms with van der Waals surface area (Å²) in [6, 6.07) is 0. The van der Waals surface area contributed by atoms with Crippen molar-refractivity contribution in [3.63, 3.8) is 0 Å². The Labute approximate surface area is 120 Å². The second-order valence-corrected chi connectivity index (χ2v) is 12.5. The smallest absolute Gasteiger partial charge is 0.308 e. The van der Waals surface area contributed by atoms with Crippen LogP contribution in [0.5, 0.6) is 0 Å². The zero-order valence-corrected chi connectivity index (χ0v) is 15.2. The van der Waals surface area contributed by atoms with Gasteiger partial charge in [-0.15, -0.1) is 0 Å². The highest BCUT2D eigenvalue weighted by atomic mass is 28.4. The van der Waals surface area contributed by atoms with Gasteiger partial charge in [0.05, 0.1) is 12.5 Å². The minimum atomic E-state index is -1.82. The van der Waals surface area contributed by atoms with E-state index < -0.39 is 13.9 Å². The lowest BCUT2D eigenvalue weighted by Crippen LogP contribution is -2.44. The molecule has 4 heteroatoms. The monoisotopic (exact) mass is 288 g/mol. The molecule has 0 N–H and O–H groups in total. The zero-order chi connectivity index (χ0) is 15.5. The van der Waals surface area contributed by atoms with E-state index in [1.165, 1.54) is 0 Å². The number of carbonyl (C=O) groups excluding carboxylic acids is 1. The van der Waals surface area contributed by atoms with Crippen LogP contribution in [-0.2, 0) is 14.0 Å². The number of hydrogen-bond donors (Lipinski definition) is 0. The molecule has 0 heterocycles. The van der Waals surface area contributed by atoms with Crippen molar-refractivity contribution in [1.29, 1.82) is 0 Å². The van der Waals surface area contributed by atoms with E-state index in [0.29, 0.717) is 6.42 Å². The molecule has 0 unspecified atom stereocenters. The van der Waals surface area contributed by atoms with Gasteiger partial charge < -0.3 is 9.16 Å². The summed E-state index contributed by atoms with van der Waals surface area (Å²) in [5.41, 5.74) is -0.424. The first-order valence-electron chi connectivity index (χ1n) is 7.18. The predicted octanol–water partition coefficient (Wildman–Crippen LogP) is 4.52. The van der Waals surface area contributed by atoms with Crippen molar-refractivity contribution in [1.82, 2.24) is 0 Å². The van der Waals surface area contributed by atoms with E-state index in [-0.39, 0.29) is 17.1 Å². The molecule has 3 nitrogen and oxygen atoms in total. The van der Waals surface area contributed by atoms with Gasteiger partial charge in [-0.3, -0.25) is 4.79 Å². The Morgan fingerprint density at radius 2 is 1.58 bits per heavy atom. The lowest BCUT2D eigenvalue weighted by atomic mass is 10.1. The number of carbonyl (C=O) groups is 1. The predicted molar refractivity (Wildman–Crippen MR) is 82.8 cm³/mol. The fourth-order valence-corrected chi connectivity index (χ4v) is 2.87. The Morgan fingerprint density at radius 3 is 1.89 bits per heavy atom. The third-order valence-electron chi connectivity index (χ3n) is 3.54. The molecule has 0 aliphatic rings. The normalized spacial score (nSPS) is 15.2. The molecule has 0 aliphatic heterocycles. The average molecular weight is 289 g/mol. The molecular weight excluding hydrogens is 256 g/mol. The first-order chi connectivity index (χ1) is 8.28. The summed E-state index contributed by atoms with van der Waals surface area (Å²) in [6.45, 7) is 18.8. The Morgan fingerprint density at radius 1 is 1.11 bits per heavy atom. The molecule has 0 aromatic rings. The van der Waals surface area contributed by atoms with E-state index in [1.54, 1.807) is 0 Å². The molecule has 0 bridgehead atoms. The van der Waals surface area contributed by atoms with Crippen LogP contribution in [-0.4, -0.2) is 26.0 Å². The van der Waals surface area contributed by atoms with Gasteiger partial charge in [-0.05, 0) is 45.3 Å². The van der Waals surface area contributed by atoms with Crippen LogP contribution < -0.4 is 0 Å². The van der Waals surface area contributed by atoms with E-state index >= 15 is 0 Å². The molecule has 19 heavy (non-hydrogen) atoms. The molecule has 0 aliphatic carbocycles. The highest BCUT2D eigenvalue weighted by molar-refractivity contribution is 6.74. The highest BCUT2D eigenvalue weighted by Gasteiger charge is 2.39. The van der Waals surface area contributed by atoms with E-state index in [9.17, 15) is 4.79 Å². The lowest BCUT2D eigenvalue weighted by molar-refractivity contribution is -0.156. The Bertz CT molecular complexity index is 297. The van der Waals surface area contributed by atoms with Crippen LogP contribution in [0.3, 0.4) is 0 Å². The molecule has 0 aromatic heterocycles. The molecule has 0 rings (SSSR count). The molecule has 1 atom stereocenters. The lowest BCUT2D eigenvalue weighted by Gasteiger charge is -2.39. The molecule has 114 valence electrons. The minimum Gasteiger partial charge on any atom is -0.460 e. The second-order valence-electron chi connectivity index (χ2n) is 7.70. The summed E-state index contributed by atoms with van der Waals surface area (Å²) in [5.74, 6) is -0.168. The molecule has 0 saturated carbocycles. The molecule has 0 saturated heterocycles. The fourth-order valence-electron chi connectivity index (χ4n) is 1.43. The molecule has 0 radical (unpaired) electrons. The maximum Gasteiger partial charge on any atom is 0.308 e. The van der Waals surface area contributed by atoms with Gasteiger partial charge in [0.25, 0.3) is 0 Å². The maximum atomic E-state index is 11.9. The first kappa shape index (κ1) is 18.6. The van der Waals surface area contributed by atoms with Gasteiger partial charge in [-0.25, -0.2) is 0 Å². The molecule has 0 spiro atoms. The van der Waals surface area contributed by atoms with Crippen LogP contribution in [0.25, 0.3) is 0 Å². The van der Waals surface area contributed by atoms with Crippen molar-refractivity contribution in [2.24, 2.45) is 0 Å². The number of esters is 1.